The van der Waals surface area contributed by atoms with Gasteiger partial charge in [0.25, 0.3) is 5.91 Å². The highest BCUT2D eigenvalue weighted by atomic mass is 16.5. The topological polar surface area (TPSA) is 88.2 Å². The molecule has 0 aromatic heterocycles. The van der Waals surface area contributed by atoms with Crippen molar-refractivity contribution in [2.75, 3.05) is 20.7 Å². The van der Waals surface area contributed by atoms with Crippen molar-refractivity contribution in [3.8, 4) is 11.5 Å². The first-order valence-corrected chi connectivity index (χ1v) is 11.6. The largest absolute Gasteiger partial charge is 0.493 e. The smallest absolute Gasteiger partial charge is 0.325 e. The summed E-state index contributed by atoms with van der Waals surface area (Å²) in [6.45, 7) is 0.462. The maximum atomic E-state index is 12.9. The van der Waals surface area contributed by atoms with Gasteiger partial charge in [0.1, 0.15) is 18.7 Å². The van der Waals surface area contributed by atoms with Gasteiger partial charge in [-0.05, 0) is 36.1 Å². The number of urea groups is 1. The first kappa shape index (κ1) is 23.6. The van der Waals surface area contributed by atoms with Crippen molar-refractivity contribution in [1.82, 2.24) is 15.1 Å². The molecule has 0 radical (unpaired) electrons. The Kier molecular flexibility index (Phi) is 7.05. The number of hydrogen-bond donors (Lipinski definition) is 1. The second-order valence-electron chi connectivity index (χ2n) is 8.97. The van der Waals surface area contributed by atoms with E-state index in [-0.39, 0.29) is 18.4 Å². The summed E-state index contributed by atoms with van der Waals surface area (Å²) in [5, 5.41) is 2.84. The highest BCUT2D eigenvalue weighted by molar-refractivity contribution is 6.09. The number of nitrogens with zero attached hydrogens (tertiary/aromatic N) is 2. The number of likely N-dealkylation sites (N-methyl/N-ethyl adjacent to an activating group) is 1. The van der Waals surface area contributed by atoms with Crippen LogP contribution < -0.4 is 14.8 Å². The Labute approximate surface area is 199 Å². The Balaban J connectivity index is 1.36. The molecule has 1 saturated carbocycles. The second-order valence-corrected chi connectivity index (χ2v) is 8.97. The zero-order valence-corrected chi connectivity index (χ0v) is 19.7. The molecule has 0 bridgehead atoms. The van der Waals surface area contributed by atoms with Crippen LogP contribution in [-0.2, 0) is 22.7 Å². The van der Waals surface area contributed by atoms with Crippen LogP contribution in [0.3, 0.4) is 0 Å². The molecule has 4 amide bonds. The molecule has 1 aliphatic carbocycles. The molecule has 4 rings (SSSR count). The Morgan fingerprint density at radius 2 is 1.76 bits per heavy atom. The van der Waals surface area contributed by atoms with Crippen LogP contribution in [0, 0.1) is 0 Å². The summed E-state index contributed by atoms with van der Waals surface area (Å²) >= 11 is 0. The van der Waals surface area contributed by atoms with Gasteiger partial charge in [0.2, 0.25) is 5.91 Å². The number of amides is 4. The van der Waals surface area contributed by atoms with E-state index in [2.05, 4.69) is 5.32 Å². The lowest BCUT2D eigenvalue weighted by molar-refractivity contribution is -0.139. The monoisotopic (exact) mass is 465 g/mol. The minimum absolute atomic E-state index is 0.266. The average molecular weight is 466 g/mol. The Morgan fingerprint density at radius 3 is 2.47 bits per heavy atom. The van der Waals surface area contributed by atoms with Gasteiger partial charge in [0.15, 0.2) is 11.5 Å². The number of carbonyl (C=O) groups is 3. The van der Waals surface area contributed by atoms with Crippen LogP contribution in [0.5, 0.6) is 11.5 Å². The predicted molar refractivity (Wildman–Crippen MR) is 126 cm³/mol. The number of rotatable bonds is 8. The summed E-state index contributed by atoms with van der Waals surface area (Å²) < 4.78 is 11.4. The third-order valence-electron chi connectivity index (χ3n) is 6.56. The molecular formula is C26H31N3O5. The Hall–Kier alpha value is -3.55. The maximum absolute atomic E-state index is 12.9. The molecule has 2 fully saturated rings. The highest BCUT2D eigenvalue weighted by Gasteiger charge is 2.51. The SMILES string of the molecule is COc1cc(CN(C)C(=O)CN2C(=O)NC3(CCCCC3)C2=O)ccc1OCc1ccccc1. The molecule has 8 heteroatoms. The van der Waals surface area contributed by atoms with Gasteiger partial charge in [-0.1, -0.05) is 55.7 Å². The minimum atomic E-state index is -0.822. The summed E-state index contributed by atoms with van der Waals surface area (Å²) in [5.41, 5.74) is 1.08. The van der Waals surface area contributed by atoms with Gasteiger partial charge in [-0.25, -0.2) is 4.79 Å². The molecule has 2 aromatic rings. The fraction of sp³-hybridized carbons (Fsp3) is 0.423. The van der Waals surface area contributed by atoms with Gasteiger partial charge >= 0.3 is 6.03 Å². The summed E-state index contributed by atoms with van der Waals surface area (Å²) in [6.07, 6.45) is 4.14. The standard InChI is InChI=1S/C26H31N3O5/c1-28(23(30)17-29-24(31)26(27-25(29)32)13-7-4-8-14-26)16-20-11-12-21(22(15-20)33-2)34-18-19-9-5-3-6-10-19/h3,5-6,9-12,15H,4,7-8,13-14,16-18H2,1-2H3,(H,27,32). The van der Waals surface area contributed by atoms with Crippen molar-refractivity contribution in [3.05, 3.63) is 59.7 Å². The third kappa shape index (κ3) is 5.00. The van der Waals surface area contributed by atoms with Gasteiger partial charge in [-0.3, -0.25) is 14.5 Å². The molecule has 2 aliphatic rings. The fourth-order valence-corrected chi connectivity index (χ4v) is 4.60. The van der Waals surface area contributed by atoms with E-state index in [1.165, 1.54) is 4.90 Å². The van der Waals surface area contributed by atoms with Crippen molar-refractivity contribution in [3.63, 3.8) is 0 Å². The lowest BCUT2D eigenvalue weighted by Gasteiger charge is -2.30. The number of hydrogen-bond acceptors (Lipinski definition) is 5. The lowest BCUT2D eigenvalue weighted by atomic mass is 9.82. The number of ether oxygens (including phenoxy) is 2. The highest BCUT2D eigenvalue weighted by Crippen LogP contribution is 2.34. The second kappa shape index (κ2) is 10.2. The van der Waals surface area contributed by atoms with Gasteiger partial charge in [-0.2, -0.15) is 0 Å². The van der Waals surface area contributed by atoms with Gasteiger partial charge in [0, 0.05) is 13.6 Å². The molecule has 8 nitrogen and oxygen atoms in total. The first-order valence-electron chi connectivity index (χ1n) is 11.6. The van der Waals surface area contributed by atoms with E-state index < -0.39 is 11.6 Å². The number of imide groups is 1. The van der Waals surface area contributed by atoms with Crippen molar-refractivity contribution in [2.45, 2.75) is 50.8 Å². The number of nitrogens with one attached hydrogen (secondary N) is 1. The maximum Gasteiger partial charge on any atom is 0.325 e. The number of methoxy groups -OCH3 is 1. The van der Waals surface area contributed by atoms with Crippen LogP contribution >= 0.6 is 0 Å². The average Bonchev–Trinajstić information content (AvgIpc) is 3.07. The molecule has 1 N–H and O–H groups in total. The summed E-state index contributed by atoms with van der Waals surface area (Å²) in [6, 6.07) is 14.9. The van der Waals surface area contributed by atoms with Gasteiger partial charge in [-0.15, -0.1) is 0 Å². The normalized spacial score (nSPS) is 16.9. The van der Waals surface area contributed by atoms with Gasteiger partial charge < -0.3 is 19.7 Å². The van der Waals surface area contributed by atoms with E-state index >= 15 is 0 Å². The van der Waals surface area contributed by atoms with Crippen molar-refractivity contribution < 1.29 is 23.9 Å². The molecule has 0 atom stereocenters. The van der Waals surface area contributed by atoms with Crippen molar-refractivity contribution >= 4 is 17.8 Å². The molecular weight excluding hydrogens is 434 g/mol. The first-order chi connectivity index (χ1) is 16.4. The van der Waals surface area contributed by atoms with E-state index in [0.717, 1.165) is 35.3 Å². The van der Waals surface area contributed by atoms with Crippen LogP contribution in [0.25, 0.3) is 0 Å². The summed E-state index contributed by atoms with van der Waals surface area (Å²) in [5.74, 6) is 0.601. The molecule has 1 aliphatic heterocycles. The van der Waals surface area contributed by atoms with Crippen LogP contribution in [0.4, 0.5) is 4.79 Å². The molecule has 1 saturated heterocycles. The fourth-order valence-electron chi connectivity index (χ4n) is 4.60. The molecule has 180 valence electrons. The summed E-state index contributed by atoms with van der Waals surface area (Å²) in [7, 11) is 3.23. The van der Waals surface area contributed by atoms with E-state index in [1.807, 2.05) is 48.5 Å². The van der Waals surface area contributed by atoms with E-state index in [9.17, 15) is 14.4 Å². The summed E-state index contributed by atoms with van der Waals surface area (Å²) in [4.78, 5) is 40.8. The zero-order valence-electron chi connectivity index (χ0n) is 19.7. The van der Waals surface area contributed by atoms with Gasteiger partial charge in [0.05, 0.1) is 7.11 Å². The van der Waals surface area contributed by atoms with Crippen LogP contribution in [-0.4, -0.2) is 53.9 Å². The molecule has 1 heterocycles. The number of carbonyl (C=O) groups excluding carboxylic acids is 3. The minimum Gasteiger partial charge on any atom is -0.493 e. The zero-order chi connectivity index (χ0) is 24.1. The van der Waals surface area contributed by atoms with E-state index in [1.54, 1.807) is 14.2 Å². The quantitative estimate of drug-likeness (QED) is 0.603. The van der Waals surface area contributed by atoms with Crippen LogP contribution in [0.15, 0.2) is 48.5 Å². The molecule has 0 unspecified atom stereocenters. The third-order valence-corrected chi connectivity index (χ3v) is 6.56. The molecule has 1 spiro atoms. The Bertz CT molecular complexity index is 1050. The lowest BCUT2D eigenvalue weighted by Crippen LogP contribution is -2.49. The van der Waals surface area contributed by atoms with Crippen molar-refractivity contribution in [2.24, 2.45) is 0 Å². The van der Waals surface area contributed by atoms with E-state index in [0.29, 0.717) is 37.5 Å². The Morgan fingerprint density at radius 1 is 1.03 bits per heavy atom. The van der Waals surface area contributed by atoms with Crippen molar-refractivity contribution in [1.29, 1.82) is 0 Å². The van der Waals surface area contributed by atoms with Crippen LogP contribution in [0.1, 0.15) is 43.2 Å². The van der Waals surface area contributed by atoms with Crippen LogP contribution in [0.2, 0.25) is 0 Å². The van der Waals surface area contributed by atoms with E-state index in [4.69, 9.17) is 9.47 Å². The number of benzene rings is 2. The molecule has 2 aromatic carbocycles. The predicted octanol–water partition coefficient (Wildman–Crippen LogP) is 3.49. The molecule has 34 heavy (non-hydrogen) atoms.